The standard InChI is InChI=1S/C26H24N2O8/c1-15-3-7-17(8-4-15)24(31)34-14-21-20(36-25(32)18-9-5-16(2)6-10-18)11-22(35-21)28-12-19(13-29)23(30)27-26(28)33/h3-10,12-13,20-22H,11,14H2,1-2H3,(H,27,30,33)/t20-,21+,22?/m0/s1. The van der Waals surface area contributed by atoms with E-state index in [1.807, 2.05) is 13.8 Å². The molecule has 0 saturated carbocycles. The molecule has 10 nitrogen and oxygen atoms in total. The largest absolute Gasteiger partial charge is 0.459 e. The van der Waals surface area contributed by atoms with Crippen molar-refractivity contribution in [3.8, 4) is 0 Å². The maximum Gasteiger partial charge on any atom is 0.338 e. The highest BCUT2D eigenvalue weighted by Crippen LogP contribution is 2.31. The number of carbonyl (C=O) groups is 3. The number of hydrogen-bond acceptors (Lipinski definition) is 8. The Morgan fingerprint density at radius 1 is 1.00 bits per heavy atom. The van der Waals surface area contributed by atoms with Crippen molar-refractivity contribution in [2.24, 2.45) is 0 Å². The van der Waals surface area contributed by atoms with Crippen LogP contribution in [0.3, 0.4) is 0 Å². The van der Waals surface area contributed by atoms with E-state index in [9.17, 15) is 24.0 Å². The average Bonchev–Trinajstić information content (AvgIpc) is 3.25. The van der Waals surface area contributed by atoms with Crippen LogP contribution in [0.1, 0.15) is 54.8 Å². The zero-order chi connectivity index (χ0) is 25.8. The van der Waals surface area contributed by atoms with Gasteiger partial charge in [-0.3, -0.25) is 19.1 Å². The summed E-state index contributed by atoms with van der Waals surface area (Å²) in [4.78, 5) is 62.6. The lowest BCUT2D eigenvalue weighted by atomic mass is 10.1. The molecule has 0 amide bonds. The number of aldehydes is 1. The molecule has 1 N–H and O–H groups in total. The quantitative estimate of drug-likeness (QED) is 0.392. The molecule has 1 aliphatic heterocycles. The maximum atomic E-state index is 12.8. The molecule has 0 bridgehead atoms. The van der Waals surface area contributed by atoms with Gasteiger partial charge in [0.25, 0.3) is 5.56 Å². The van der Waals surface area contributed by atoms with Crippen LogP contribution in [0, 0.1) is 13.8 Å². The molecule has 1 fully saturated rings. The Morgan fingerprint density at radius 3 is 2.17 bits per heavy atom. The first-order valence-electron chi connectivity index (χ1n) is 11.2. The molecular formula is C26H24N2O8. The Labute approximate surface area is 205 Å². The molecule has 3 aromatic rings. The smallest absolute Gasteiger partial charge is 0.338 e. The highest BCUT2D eigenvalue weighted by molar-refractivity contribution is 5.90. The lowest BCUT2D eigenvalue weighted by Crippen LogP contribution is -2.34. The summed E-state index contributed by atoms with van der Waals surface area (Å²) in [6, 6.07) is 13.6. The van der Waals surface area contributed by atoms with Crippen molar-refractivity contribution < 1.29 is 28.6 Å². The van der Waals surface area contributed by atoms with Gasteiger partial charge < -0.3 is 14.2 Å². The van der Waals surface area contributed by atoms with Gasteiger partial charge in [-0.15, -0.1) is 0 Å². The van der Waals surface area contributed by atoms with Crippen LogP contribution >= 0.6 is 0 Å². The zero-order valence-corrected chi connectivity index (χ0v) is 19.6. The minimum atomic E-state index is -0.980. The van der Waals surface area contributed by atoms with E-state index in [1.54, 1.807) is 48.5 Å². The SMILES string of the molecule is Cc1ccc(C(=O)OC[C@H]2OC(n3cc(C=O)c(=O)[nH]c3=O)C[C@@H]2OC(=O)c2ccc(C)cc2)cc1. The van der Waals surface area contributed by atoms with Crippen molar-refractivity contribution in [3.63, 3.8) is 0 Å². The molecule has 36 heavy (non-hydrogen) atoms. The molecule has 0 aliphatic carbocycles. The van der Waals surface area contributed by atoms with E-state index >= 15 is 0 Å². The van der Waals surface area contributed by atoms with Gasteiger partial charge in [-0.25, -0.2) is 14.4 Å². The van der Waals surface area contributed by atoms with Crippen molar-refractivity contribution >= 4 is 18.2 Å². The zero-order valence-electron chi connectivity index (χ0n) is 19.6. The van der Waals surface area contributed by atoms with Crippen LogP contribution in [-0.2, 0) is 14.2 Å². The first kappa shape index (κ1) is 24.8. The van der Waals surface area contributed by atoms with Gasteiger partial charge in [0.2, 0.25) is 0 Å². The molecule has 1 saturated heterocycles. The topological polar surface area (TPSA) is 134 Å². The van der Waals surface area contributed by atoms with Crippen LogP contribution in [-0.4, -0.2) is 46.6 Å². The summed E-state index contributed by atoms with van der Waals surface area (Å²) in [6.45, 7) is 3.52. The number of aromatic amines is 1. The Morgan fingerprint density at radius 2 is 1.58 bits per heavy atom. The Kier molecular flexibility index (Phi) is 7.25. The summed E-state index contributed by atoms with van der Waals surface area (Å²) in [5, 5.41) is 0. The van der Waals surface area contributed by atoms with E-state index in [4.69, 9.17) is 14.2 Å². The van der Waals surface area contributed by atoms with Gasteiger partial charge in [0.15, 0.2) is 6.29 Å². The summed E-state index contributed by atoms with van der Waals surface area (Å²) in [7, 11) is 0. The number of nitrogens with one attached hydrogen (secondary N) is 1. The lowest BCUT2D eigenvalue weighted by molar-refractivity contribution is -0.0582. The number of ether oxygens (including phenoxy) is 3. The third kappa shape index (κ3) is 5.49. The van der Waals surface area contributed by atoms with Crippen molar-refractivity contribution in [3.05, 3.63) is 103 Å². The highest BCUT2D eigenvalue weighted by atomic mass is 16.6. The van der Waals surface area contributed by atoms with E-state index in [-0.39, 0.29) is 18.6 Å². The molecular weight excluding hydrogens is 468 g/mol. The summed E-state index contributed by atoms with van der Waals surface area (Å²) in [6.07, 6.45) is -1.34. The van der Waals surface area contributed by atoms with Crippen molar-refractivity contribution in [2.75, 3.05) is 6.61 Å². The van der Waals surface area contributed by atoms with Gasteiger partial charge in [0, 0.05) is 12.6 Å². The molecule has 10 heteroatoms. The second-order valence-electron chi connectivity index (χ2n) is 8.51. The number of hydrogen-bond donors (Lipinski definition) is 1. The summed E-state index contributed by atoms with van der Waals surface area (Å²) < 4.78 is 18.0. The summed E-state index contributed by atoms with van der Waals surface area (Å²) in [5.74, 6) is -1.20. The molecule has 1 unspecified atom stereocenters. The second-order valence-corrected chi connectivity index (χ2v) is 8.51. The van der Waals surface area contributed by atoms with Gasteiger partial charge in [-0.2, -0.15) is 0 Å². The van der Waals surface area contributed by atoms with Gasteiger partial charge >= 0.3 is 17.6 Å². The number of aromatic nitrogens is 2. The van der Waals surface area contributed by atoms with Gasteiger partial charge in [-0.05, 0) is 38.1 Å². The monoisotopic (exact) mass is 492 g/mol. The van der Waals surface area contributed by atoms with E-state index < -0.39 is 41.6 Å². The van der Waals surface area contributed by atoms with Gasteiger partial charge in [-0.1, -0.05) is 35.4 Å². The molecule has 2 heterocycles. The van der Waals surface area contributed by atoms with Crippen LogP contribution in [0.2, 0.25) is 0 Å². The maximum absolute atomic E-state index is 12.8. The third-order valence-electron chi connectivity index (χ3n) is 5.82. The average molecular weight is 492 g/mol. The third-order valence-corrected chi connectivity index (χ3v) is 5.82. The van der Waals surface area contributed by atoms with Crippen LogP contribution in [0.5, 0.6) is 0 Å². The molecule has 0 spiro atoms. The fraction of sp³-hybridized carbons (Fsp3) is 0.269. The number of aryl methyl sites for hydroxylation is 2. The first-order valence-corrected chi connectivity index (χ1v) is 11.2. The normalized spacial score (nSPS) is 19.0. The first-order chi connectivity index (χ1) is 17.2. The number of nitrogens with zero attached hydrogens (tertiary/aromatic N) is 1. The number of benzene rings is 2. The summed E-state index contributed by atoms with van der Waals surface area (Å²) in [5.41, 5.74) is 0.741. The van der Waals surface area contributed by atoms with Gasteiger partial charge in [0.05, 0.1) is 16.7 Å². The Balaban J connectivity index is 1.55. The highest BCUT2D eigenvalue weighted by Gasteiger charge is 2.40. The minimum absolute atomic E-state index is 0.0224. The predicted octanol–water partition coefficient (Wildman–Crippen LogP) is 2.34. The van der Waals surface area contributed by atoms with Crippen molar-refractivity contribution in [2.45, 2.75) is 38.7 Å². The molecule has 3 atom stereocenters. The number of esters is 2. The van der Waals surface area contributed by atoms with Crippen molar-refractivity contribution in [1.29, 1.82) is 0 Å². The molecule has 1 aromatic heterocycles. The molecule has 4 rings (SSSR count). The van der Waals surface area contributed by atoms with Crippen LogP contribution in [0.25, 0.3) is 0 Å². The van der Waals surface area contributed by atoms with E-state index in [2.05, 4.69) is 4.98 Å². The Bertz CT molecular complexity index is 1390. The number of carbonyl (C=O) groups excluding carboxylic acids is 3. The van der Waals surface area contributed by atoms with Gasteiger partial charge in [0.1, 0.15) is 25.0 Å². The van der Waals surface area contributed by atoms with E-state index in [1.165, 1.54) is 0 Å². The van der Waals surface area contributed by atoms with E-state index in [0.717, 1.165) is 21.9 Å². The second kappa shape index (κ2) is 10.5. The van der Waals surface area contributed by atoms with E-state index in [0.29, 0.717) is 17.4 Å². The molecule has 0 radical (unpaired) electrons. The molecule has 2 aromatic carbocycles. The fourth-order valence-electron chi connectivity index (χ4n) is 3.77. The van der Waals surface area contributed by atoms with Crippen LogP contribution in [0.4, 0.5) is 0 Å². The Hall–Kier alpha value is -4.31. The summed E-state index contributed by atoms with van der Waals surface area (Å²) >= 11 is 0. The minimum Gasteiger partial charge on any atom is -0.459 e. The number of H-pyrrole nitrogens is 1. The fourth-order valence-corrected chi connectivity index (χ4v) is 3.77. The number of rotatable bonds is 7. The predicted molar refractivity (Wildman–Crippen MR) is 127 cm³/mol. The van der Waals surface area contributed by atoms with Crippen LogP contribution < -0.4 is 11.2 Å². The van der Waals surface area contributed by atoms with Crippen molar-refractivity contribution in [1.82, 2.24) is 9.55 Å². The molecule has 1 aliphatic rings. The lowest BCUT2D eigenvalue weighted by Gasteiger charge is -2.19. The van der Waals surface area contributed by atoms with Crippen LogP contribution in [0.15, 0.2) is 64.3 Å². The molecule has 186 valence electrons.